The molecule has 1 aromatic carbocycles. The molecular formula is C11H15F3N2O2S. The number of benzene rings is 1. The summed E-state index contributed by atoms with van der Waals surface area (Å²) in [5.41, 5.74) is -0.0759. The first-order chi connectivity index (χ1) is 8.62. The summed E-state index contributed by atoms with van der Waals surface area (Å²) in [6.07, 6.45) is -4.41. The number of halogens is 3. The third-order valence-corrected chi connectivity index (χ3v) is 3.76. The molecule has 0 aromatic heterocycles. The fraction of sp³-hybridized carbons (Fsp3) is 0.455. The van der Waals surface area contributed by atoms with E-state index in [1.807, 2.05) is 0 Å². The second-order valence-corrected chi connectivity index (χ2v) is 5.92. The Hall–Kier alpha value is -1.28. The molecule has 0 unspecified atom stereocenters. The van der Waals surface area contributed by atoms with Gasteiger partial charge in [-0.15, -0.1) is 0 Å². The van der Waals surface area contributed by atoms with Crippen LogP contribution in [0.5, 0.6) is 0 Å². The van der Waals surface area contributed by atoms with Gasteiger partial charge in [0, 0.05) is 6.04 Å². The lowest BCUT2D eigenvalue weighted by Crippen LogP contribution is -2.31. The van der Waals surface area contributed by atoms with Crippen molar-refractivity contribution in [2.24, 2.45) is 0 Å². The smallest absolute Gasteiger partial charge is 0.375 e. The van der Waals surface area contributed by atoms with Crippen LogP contribution in [0.4, 0.5) is 18.9 Å². The van der Waals surface area contributed by atoms with Gasteiger partial charge in [0.05, 0.1) is 5.69 Å². The SMILES string of the molecule is CC(C)NS(=O)(=O)c1ccccc1NCC(F)(F)F. The molecule has 0 atom stereocenters. The van der Waals surface area contributed by atoms with Gasteiger partial charge in [-0.25, -0.2) is 13.1 Å². The summed E-state index contributed by atoms with van der Waals surface area (Å²) in [5, 5.41) is 2.09. The summed E-state index contributed by atoms with van der Waals surface area (Å²) in [7, 11) is -3.84. The molecule has 4 nitrogen and oxygen atoms in total. The number of hydrogen-bond donors (Lipinski definition) is 2. The Morgan fingerprint density at radius 1 is 1.21 bits per heavy atom. The molecule has 1 rings (SSSR count). The van der Waals surface area contributed by atoms with Crippen molar-refractivity contribution in [2.45, 2.75) is 31.0 Å². The quantitative estimate of drug-likeness (QED) is 0.877. The molecule has 0 bridgehead atoms. The Morgan fingerprint density at radius 3 is 2.32 bits per heavy atom. The van der Waals surface area contributed by atoms with E-state index in [-0.39, 0.29) is 16.6 Å². The van der Waals surface area contributed by atoms with Gasteiger partial charge in [-0.3, -0.25) is 0 Å². The van der Waals surface area contributed by atoms with Gasteiger partial charge < -0.3 is 5.32 Å². The maximum atomic E-state index is 12.2. The van der Waals surface area contributed by atoms with Crippen LogP contribution in [0.2, 0.25) is 0 Å². The monoisotopic (exact) mass is 296 g/mol. The van der Waals surface area contributed by atoms with Crippen LogP contribution in [0.1, 0.15) is 13.8 Å². The van der Waals surface area contributed by atoms with Gasteiger partial charge in [0.15, 0.2) is 0 Å². The normalized spacial score (nSPS) is 12.7. The van der Waals surface area contributed by atoms with Crippen molar-refractivity contribution in [2.75, 3.05) is 11.9 Å². The van der Waals surface area contributed by atoms with Gasteiger partial charge >= 0.3 is 6.18 Å². The lowest BCUT2D eigenvalue weighted by atomic mass is 10.3. The van der Waals surface area contributed by atoms with Crippen molar-refractivity contribution in [3.8, 4) is 0 Å². The van der Waals surface area contributed by atoms with E-state index >= 15 is 0 Å². The highest BCUT2D eigenvalue weighted by molar-refractivity contribution is 7.89. The third kappa shape index (κ3) is 5.07. The van der Waals surface area contributed by atoms with E-state index < -0.39 is 22.7 Å². The molecule has 0 heterocycles. The Labute approximate surface area is 110 Å². The molecule has 0 saturated heterocycles. The molecule has 0 aliphatic carbocycles. The van der Waals surface area contributed by atoms with Crippen LogP contribution in [-0.2, 0) is 10.0 Å². The first kappa shape index (κ1) is 15.8. The summed E-state index contributed by atoms with van der Waals surface area (Å²) in [6, 6.07) is 5.12. The van der Waals surface area contributed by atoms with Gasteiger partial charge in [0.2, 0.25) is 10.0 Å². The first-order valence-electron chi connectivity index (χ1n) is 5.54. The van der Waals surface area contributed by atoms with Gasteiger partial charge in [-0.1, -0.05) is 12.1 Å². The molecule has 108 valence electrons. The van der Waals surface area contributed by atoms with E-state index in [2.05, 4.69) is 10.0 Å². The maximum Gasteiger partial charge on any atom is 0.405 e. The van der Waals surface area contributed by atoms with Crippen molar-refractivity contribution in [3.05, 3.63) is 24.3 Å². The number of alkyl halides is 3. The van der Waals surface area contributed by atoms with Crippen LogP contribution in [0.3, 0.4) is 0 Å². The zero-order valence-corrected chi connectivity index (χ0v) is 11.3. The van der Waals surface area contributed by atoms with Crippen LogP contribution in [0.25, 0.3) is 0 Å². The summed E-state index contributed by atoms with van der Waals surface area (Å²) in [6.45, 7) is 1.97. The fourth-order valence-electron chi connectivity index (χ4n) is 1.42. The molecule has 0 fully saturated rings. The Bertz CT molecular complexity index is 527. The average Bonchev–Trinajstić information content (AvgIpc) is 2.24. The topological polar surface area (TPSA) is 58.2 Å². The number of sulfonamides is 1. The lowest BCUT2D eigenvalue weighted by Gasteiger charge is -2.15. The molecule has 0 spiro atoms. The van der Waals surface area contributed by atoms with Crippen LogP contribution >= 0.6 is 0 Å². The summed E-state index contributed by atoms with van der Waals surface area (Å²) in [5.74, 6) is 0. The second kappa shape index (κ2) is 5.79. The van der Waals surface area contributed by atoms with E-state index in [4.69, 9.17) is 0 Å². The van der Waals surface area contributed by atoms with Gasteiger partial charge in [-0.05, 0) is 26.0 Å². The predicted molar refractivity (Wildman–Crippen MR) is 66.4 cm³/mol. The number of hydrogen-bond acceptors (Lipinski definition) is 3. The van der Waals surface area contributed by atoms with Crippen LogP contribution < -0.4 is 10.0 Å². The lowest BCUT2D eigenvalue weighted by molar-refractivity contribution is -0.115. The minimum Gasteiger partial charge on any atom is -0.375 e. The zero-order chi connectivity index (χ0) is 14.7. The van der Waals surface area contributed by atoms with E-state index in [1.165, 1.54) is 24.3 Å². The predicted octanol–water partition coefficient (Wildman–Crippen LogP) is 2.35. The zero-order valence-electron chi connectivity index (χ0n) is 10.5. The molecule has 8 heteroatoms. The fourth-order valence-corrected chi connectivity index (χ4v) is 2.85. The molecule has 0 aliphatic heterocycles. The summed E-state index contributed by atoms with van der Waals surface area (Å²) >= 11 is 0. The molecule has 0 radical (unpaired) electrons. The van der Waals surface area contributed by atoms with E-state index in [9.17, 15) is 21.6 Å². The highest BCUT2D eigenvalue weighted by Gasteiger charge is 2.28. The van der Waals surface area contributed by atoms with Gasteiger partial charge in [-0.2, -0.15) is 13.2 Å². The number of para-hydroxylation sites is 1. The number of nitrogens with one attached hydrogen (secondary N) is 2. The summed E-state index contributed by atoms with van der Waals surface area (Å²) < 4.78 is 62.7. The minimum atomic E-state index is -4.41. The first-order valence-corrected chi connectivity index (χ1v) is 7.02. The summed E-state index contributed by atoms with van der Waals surface area (Å²) in [4.78, 5) is -0.201. The molecule has 1 aromatic rings. The van der Waals surface area contributed by atoms with Gasteiger partial charge in [0.1, 0.15) is 11.4 Å². The second-order valence-electron chi connectivity index (χ2n) is 4.24. The Kier molecular flexibility index (Phi) is 4.81. The Balaban J connectivity index is 3.02. The van der Waals surface area contributed by atoms with Crippen molar-refractivity contribution in [1.82, 2.24) is 4.72 Å². The molecule has 0 saturated carbocycles. The molecular weight excluding hydrogens is 281 g/mol. The molecule has 2 N–H and O–H groups in total. The van der Waals surface area contributed by atoms with E-state index in [0.717, 1.165) is 0 Å². The largest absolute Gasteiger partial charge is 0.405 e. The van der Waals surface area contributed by atoms with Crippen molar-refractivity contribution in [1.29, 1.82) is 0 Å². The van der Waals surface area contributed by atoms with Crippen molar-refractivity contribution >= 4 is 15.7 Å². The van der Waals surface area contributed by atoms with E-state index in [0.29, 0.717) is 0 Å². The maximum absolute atomic E-state index is 12.2. The highest BCUT2D eigenvalue weighted by atomic mass is 32.2. The number of rotatable bonds is 5. The van der Waals surface area contributed by atoms with Gasteiger partial charge in [0.25, 0.3) is 0 Å². The number of anilines is 1. The van der Waals surface area contributed by atoms with Crippen molar-refractivity contribution in [3.63, 3.8) is 0 Å². The highest BCUT2D eigenvalue weighted by Crippen LogP contribution is 2.23. The third-order valence-electron chi connectivity index (χ3n) is 2.05. The minimum absolute atomic E-state index is 0.0759. The average molecular weight is 296 g/mol. The molecule has 0 aliphatic rings. The molecule has 19 heavy (non-hydrogen) atoms. The Morgan fingerprint density at radius 2 is 1.79 bits per heavy atom. The van der Waals surface area contributed by atoms with Crippen LogP contribution in [0, 0.1) is 0 Å². The van der Waals surface area contributed by atoms with E-state index in [1.54, 1.807) is 13.8 Å². The van der Waals surface area contributed by atoms with Crippen LogP contribution in [0.15, 0.2) is 29.2 Å². The van der Waals surface area contributed by atoms with Crippen molar-refractivity contribution < 1.29 is 21.6 Å². The standard InChI is InChI=1S/C11H15F3N2O2S/c1-8(2)16-19(17,18)10-6-4-3-5-9(10)15-7-11(12,13)14/h3-6,8,15-16H,7H2,1-2H3. The molecule has 0 amide bonds. The van der Waals surface area contributed by atoms with Crippen LogP contribution in [-0.4, -0.2) is 27.2 Å².